The van der Waals surface area contributed by atoms with E-state index in [1.54, 1.807) is 6.07 Å². The lowest BCUT2D eigenvalue weighted by atomic mass is 10.2. The van der Waals surface area contributed by atoms with E-state index in [0.717, 1.165) is 23.0 Å². The lowest BCUT2D eigenvalue weighted by Crippen LogP contribution is -2.00. The van der Waals surface area contributed by atoms with E-state index >= 15 is 0 Å². The van der Waals surface area contributed by atoms with Gasteiger partial charge < -0.3 is 5.32 Å². The van der Waals surface area contributed by atoms with E-state index in [1.807, 2.05) is 42.5 Å². The summed E-state index contributed by atoms with van der Waals surface area (Å²) < 4.78 is 8.43. The van der Waals surface area contributed by atoms with Crippen molar-refractivity contribution in [2.45, 2.75) is 0 Å². The molecule has 0 fully saturated rings. The lowest BCUT2D eigenvalue weighted by molar-refractivity contribution is 1.35. The van der Waals surface area contributed by atoms with Crippen molar-refractivity contribution in [3.63, 3.8) is 0 Å². The van der Waals surface area contributed by atoms with E-state index in [4.69, 9.17) is 23.2 Å². The lowest BCUT2D eigenvalue weighted by Gasteiger charge is -2.07. The third kappa shape index (κ3) is 3.18. The molecule has 2 aromatic carbocycles. The molecule has 0 aliphatic heterocycles. The van der Waals surface area contributed by atoms with Crippen molar-refractivity contribution in [3.05, 3.63) is 58.1 Å². The molecule has 0 spiro atoms. The first kappa shape index (κ1) is 14.3. The molecule has 0 saturated carbocycles. The fourth-order valence-electron chi connectivity index (χ4n) is 1.96. The number of rotatable bonds is 4. The van der Waals surface area contributed by atoms with Crippen molar-refractivity contribution in [2.24, 2.45) is 0 Å². The Morgan fingerprint density at radius 2 is 1.81 bits per heavy atom. The maximum atomic E-state index is 6.23. The van der Waals surface area contributed by atoms with E-state index in [1.165, 1.54) is 0 Å². The van der Waals surface area contributed by atoms with Gasteiger partial charge in [-0.25, -0.2) is 0 Å². The molecule has 1 aromatic heterocycles. The first-order valence-electron chi connectivity index (χ1n) is 6.31. The Hall–Kier alpha value is -1.62. The Labute approximate surface area is 136 Å². The van der Waals surface area contributed by atoms with Crippen molar-refractivity contribution in [1.29, 1.82) is 0 Å². The average Bonchev–Trinajstić information content (AvgIpc) is 2.97. The van der Waals surface area contributed by atoms with Crippen molar-refractivity contribution >= 4 is 57.7 Å². The van der Waals surface area contributed by atoms with Gasteiger partial charge in [-0.15, -0.1) is 0 Å². The molecule has 3 rings (SSSR count). The number of hydrogen-bond acceptors (Lipinski definition) is 4. The fraction of sp³-hybridized carbons (Fsp3) is 0.0667. The van der Waals surface area contributed by atoms with Gasteiger partial charge in [-0.1, -0.05) is 65.7 Å². The third-order valence-corrected chi connectivity index (χ3v) is 4.07. The molecule has 0 bridgehead atoms. The second-order valence-electron chi connectivity index (χ2n) is 4.37. The molecule has 1 N–H and O–H groups in total. The van der Waals surface area contributed by atoms with Crippen LogP contribution in [-0.4, -0.2) is 15.3 Å². The maximum absolute atomic E-state index is 6.23. The van der Waals surface area contributed by atoms with E-state index < -0.39 is 0 Å². The molecule has 0 amide bonds. The van der Waals surface area contributed by atoms with E-state index in [-0.39, 0.29) is 0 Å². The summed E-state index contributed by atoms with van der Waals surface area (Å²) in [7, 11) is 0. The second kappa shape index (κ2) is 6.43. The molecule has 0 saturated heterocycles. The molecule has 1 heterocycles. The normalized spacial score (nSPS) is 11.3. The molecule has 0 aliphatic carbocycles. The van der Waals surface area contributed by atoms with Crippen molar-refractivity contribution in [1.82, 2.24) is 8.75 Å². The predicted molar refractivity (Wildman–Crippen MR) is 91.4 cm³/mol. The Morgan fingerprint density at radius 1 is 1.05 bits per heavy atom. The van der Waals surface area contributed by atoms with Crippen LogP contribution in [0.15, 0.2) is 42.5 Å². The molecule has 106 valence electrons. The maximum Gasteiger partial charge on any atom is 0.130 e. The number of nitrogens with zero attached hydrogens (tertiary/aromatic N) is 2. The van der Waals surface area contributed by atoms with Crippen molar-refractivity contribution in [3.8, 4) is 0 Å². The summed E-state index contributed by atoms with van der Waals surface area (Å²) in [5.41, 5.74) is 3.32. The zero-order chi connectivity index (χ0) is 14.7. The SMILES string of the molecule is Clc1cc(Cl)c2nsnc2c1NCC=Cc1ccccc1. The highest BCUT2D eigenvalue weighted by atomic mass is 35.5. The van der Waals surface area contributed by atoms with Crippen LogP contribution in [0.5, 0.6) is 0 Å². The van der Waals surface area contributed by atoms with Gasteiger partial charge in [-0.2, -0.15) is 8.75 Å². The third-order valence-electron chi connectivity index (χ3n) is 2.95. The minimum atomic E-state index is 0.522. The van der Waals surface area contributed by atoms with E-state index in [9.17, 15) is 0 Å². The second-order valence-corrected chi connectivity index (χ2v) is 5.71. The number of halogens is 2. The van der Waals surface area contributed by atoms with Gasteiger partial charge in [-0.05, 0) is 11.6 Å². The van der Waals surface area contributed by atoms with Crippen LogP contribution in [0.1, 0.15) is 5.56 Å². The molecule has 3 nitrogen and oxygen atoms in total. The number of hydrogen-bond donors (Lipinski definition) is 1. The van der Waals surface area contributed by atoms with Crippen LogP contribution in [0.3, 0.4) is 0 Å². The largest absolute Gasteiger partial charge is 0.379 e. The summed E-state index contributed by atoms with van der Waals surface area (Å²) in [5, 5.41) is 4.34. The minimum absolute atomic E-state index is 0.522. The highest BCUT2D eigenvalue weighted by Crippen LogP contribution is 2.34. The number of fused-ring (bicyclic) bond motifs is 1. The van der Waals surface area contributed by atoms with Gasteiger partial charge in [0.25, 0.3) is 0 Å². The Balaban J connectivity index is 1.77. The molecule has 0 unspecified atom stereocenters. The zero-order valence-corrected chi connectivity index (χ0v) is 13.2. The van der Waals surface area contributed by atoms with Gasteiger partial charge in [0.2, 0.25) is 0 Å². The van der Waals surface area contributed by atoms with Crippen LogP contribution < -0.4 is 5.32 Å². The molecule has 0 aliphatic rings. The highest BCUT2D eigenvalue weighted by Gasteiger charge is 2.12. The fourth-order valence-corrected chi connectivity index (χ4v) is 3.14. The monoisotopic (exact) mass is 335 g/mol. The van der Waals surface area contributed by atoms with Gasteiger partial charge >= 0.3 is 0 Å². The predicted octanol–water partition coefficient (Wildman–Crippen LogP) is 5.12. The summed E-state index contributed by atoms with van der Waals surface area (Å²) in [6.45, 7) is 0.642. The quantitative estimate of drug-likeness (QED) is 0.718. The van der Waals surface area contributed by atoms with Gasteiger partial charge in [0.1, 0.15) is 11.0 Å². The van der Waals surface area contributed by atoms with Crippen LogP contribution >= 0.6 is 34.9 Å². The number of benzene rings is 2. The van der Waals surface area contributed by atoms with Crippen molar-refractivity contribution in [2.75, 3.05) is 11.9 Å². The van der Waals surface area contributed by atoms with Crippen LogP contribution in [0, 0.1) is 0 Å². The standard InChI is InChI=1S/C15H11Cl2N3S/c16-11-9-12(17)14-15(20-21-19-14)13(11)18-8-4-7-10-5-2-1-3-6-10/h1-7,9,18H,8H2. The topological polar surface area (TPSA) is 37.8 Å². The first-order chi connectivity index (χ1) is 10.3. The molecule has 6 heteroatoms. The Morgan fingerprint density at radius 3 is 2.62 bits per heavy atom. The Kier molecular flexibility index (Phi) is 4.39. The van der Waals surface area contributed by atoms with Gasteiger partial charge in [-0.3, -0.25) is 0 Å². The summed E-state index contributed by atoms with van der Waals surface area (Å²) >= 11 is 13.4. The smallest absolute Gasteiger partial charge is 0.130 e. The number of nitrogens with one attached hydrogen (secondary N) is 1. The minimum Gasteiger partial charge on any atom is -0.379 e. The highest BCUT2D eigenvalue weighted by molar-refractivity contribution is 7.00. The van der Waals surface area contributed by atoms with E-state index in [0.29, 0.717) is 27.6 Å². The zero-order valence-electron chi connectivity index (χ0n) is 10.9. The number of aromatic nitrogens is 2. The van der Waals surface area contributed by atoms with Gasteiger partial charge in [0.05, 0.1) is 27.5 Å². The van der Waals surface area contributed by atoms with Crippen LogP contribution in [0.25, 0.3) is 17.1 Å². The van der Waals surface area contributed by atoms with Gasteiger partial charge in [0, 0.05) is 6.54 Å². The molecule has 3 aromatic rings. The molecule has 0 radical (unpaired) electrons. The molecule has 21 heavy (non-hydrogen) atoms. The summed E-state index contributed by atoms with van der Waals surface area (Å²) in [4.78, 5) is 0. The van der Waals surface area contributed by atoms with Crippen LogP contribution in [-0.2, 0) is 0 Å². The molecule has 0 atom stereocenters. The average molecular weight is 336 g/mol. The van der Waals surface area contributed by atoms with Crippen LogP contribution in [0.2, 0.25) is 10.0 Å². The first-order valence-corrected chi connectivity index (χ1v) is 7.80. The molecular weight excluding hydrogens is 325 g/mol. The summed E-state index contributed by atoms with van der Waals surface area (Å²) in [6.07, 6.45) is 4.08. The van der Waals surface area contributed by atoms with E-state index in [2.05, 4.69) is 14.1 Å². The van der Waals surface area contributed by atoms with Crippen molar-refractivity contribution < 1.29 is 0 Å². The summed E-state index contributed by atoms with van der Waals surface area (Å²) in [6, 6.07) is 11.8. The Bertz CT molecular complexity index is 784. The van der Waals surface area contributed by atoms with Gasteiger partial charge in [0.15, 0.2) is 0 Å². The number of anilines is 1. The molecular formula is C15H11Cl2N3S. The summed E-state index contributed by atoms with van der Waals surface area (Å²) in [5.74, 6) is 0. The van der Waals surface area contributed by atoms with Crippen LogP contribution in [0.4, 0.5) is 5.69 Å².